The van der Waals surface area contributed by atoms with Gasteiger partial charge in [-0.2, -0.15) is 4.58 Å². The molecule has 98 valence electrons. The van der Waals surface area contributed by atoms with E-state index in [0.29, 0.717) is 0 Å². The van der Waals surface area contributed by atoms with Crippen molar-refractivity contribution < 1.29 is 26.3 Å². The molecule has 2 aromatic carbocycles. The summed E-state index contributed by atoms with van der Waals surface area (Å²) in [6, 6.07) is 16.7. The van der Waals surface area contributed by atoms with Gasteiger partial charge in [0, 0.05) is 18.6 Å². The Balaban J connectivity index is 0.00000133. The van der Waals surface area contributed by atoms with Gasteiger partial charge in [0.25, 0.3) is 0 Å². The summed E-state index contributed by atoms with van der Waals surface area (Å²) in [5, 5.41) is 0. The van der Waals surface area contributed by atoms with Gasteiger partial charge in [0.15, 0.2) is 12.8 Å². The van der Waals surface area contributed by atoms with Crippen LogP contribution >= 0.6 is 0 Å². The molecule has 1 heterocycles. The summed E-state index contributed by atoms with van der Waals surface area (Å²) in [6.07, 6.45) is 3.24. The molecule has 0 radical (unpaired) electrons. The molecule has 0 atom stereocenters. The quantitative estimate of drug-likeness (QED) is 0.711. The highest BCUT2D eigenvalue weighted by atomic mass is 79.9. The molecule has 0 fully saturated rings. The fraction of sp³-hybridized carbons (Fsp3) is 0.188. The van der Waals surface area contributed by atoms with Crippen LogP contribution in [0.25, 0.3) is 0 Å². The maximum Gasteiger partial charge on any atom is 0.205 e. The third-order valence-electron chi connectivity index (χ3n) is 3.37. The number of nitrogens with zero attached hydrogens (tertiary/aromatic N) is 1. The van der Waals surface area contributed by atoms with E-state index >= 15 is 0 Å². The Kier molecular flexibility index (Phi) is 4.38. The zero-order chi connectivity index (χ0) is 12.4. The standard InChI is InChI=1S/C16H16NO.BrH/c1-18-16-9-5-6-13-10-11-17(12-15(13)16)14-7-3-2-4-8-14;/h2-9,12H,10-11H2,1H3;1H/q+1;/p-1. The Hall–Kier alpha value is -1.61. The van der Waals surface area contributed by atoms with E-state index in [2.05, 4.69) is 47.2 Å². The number of benzene rings is 2. The second kappa shape index (κ2) is 6.02. The number of hydrogen-bond acceptors (Lipinski definition) is 1. The molecule has 0 saturated carbocycles. The van der Waals surface area contributed by atoms with Crippen molar-refractivity contribution in [1.29, 1.82) is 0 Å². The van der Waals surface area contributed by atoms with Crippen molar-refractivity contribution in [2.45, 2.75) is 6.42 Å². The van der Waals surface area contributed by atoms with Crippen LogP contribution in [0, 0.1) is 0 Å². The van der Waals surface area contributed by atoms with Gasteiger partial charge in [0.05, 0.1) is 12.7 Å². The second-order valence-corrected chi connectivity index (χ2v) is 4.44. The lowest BCUT2D eigenvalue weighted by molar-refractivity contribution is -0.436. The minimum atomic E-state index is 0. The third kappa shape index (κ3) is 2.71. The first kappa shape index (κ1) is 13.8. The molecule has 0 amide bonds. The van der Waals surface area contributed by atoms with Gasteiger partial charge in [0.1, 0.15) is 5.75 Å². The molecule has 19 heavy (non-hydrogen) atoms. The summed E-state index contributed by atoms with van der Waals surface area (Å²) >= 11 is 0. The number of ether oxygens (including phenoxy) is 1. The molecular formula is C16H16BrNO. The van der Waals surface area contributed by atoms with E-state index in [1.165, 1.54) is 16.8 Å². The van der Waals surface area contributed by atoms with Gasteiger partial charge in [-0.15, -0.1) is 0 Å². The van der Waals surface area contributed by atoms with Crippen LogP contribution in [-0.2, 0) is 6.42 Å². The number of para-hydroxylation sites is 1. The SMILES string of the molecule is COc1cccc2c1C=[N+](c1ccccc1)CC2.[Br-]. The normalized spacial score (nSPS) is 13.0. The van der Waals surface area contributed by atoms with Crippen LogP contribution in [0.15, 0.2) is 48.5 Å². The molecule has 2 aromatic rings. The summed E-state index contributed by atoms with van der Waals surface area (Å²) in [7, 11) is 1.73. The number of fused-ring (bicyclic) bond motifs is 1. The van der Waals surface area contributed by atoms with Crippen LogP contribution in [-0.4, -0.2) is 24.4 Å². The van der Waals surface area contributed by atoms with Crippen LogP contribution in [0.1, 0.15) is 11.1 Å². The first-order chi connectivity index (χ1) is 8.88. The largest absolute Gasteiger partial charge is 1.00 e. The highest BCUT2D eigenvalue weighted by molar-refractivity contribution is 5.83. The molecule has 0 N–H and O–H groups in total. The minimum Gasteiger partial charge on any atom is -1.00 e. The molecule has 0 bridgehead atoms. The number of methoxy groups -OCH3 is 1. The zero-order valence-electron chi connectivity index (χ0n) is 10.8. The predicted molar refractivity (Wildman–Crippen MR) is 73.1 cm³/mol. The van der Waals surface area contributed by atoms with E-state index in [4.69, 9.17) is 4.74 Å². The number of hydrogen-bond donors (Lipinski definition) is 0. The molecule has 2 nitrogen and oxygen atoms in total. The van der Waals surface area contributed by atoms with Crippen molar-refractivity contribution in [2.24, 2.45) is 0 Å². The maximum atomic E-state index is 5.44. The van der Waals surface area contributed by atoms with Crippen molar-refractivity contribution in [3.63, 3.8) is 0 Å². The number of rotatable bonds is 2. The van der Waals surface area contributed by atoms with Gasteiger partial charge in [-0.05, 0) is 11.6 Å². The topological polar surface area (TPSA) is 12.2 Å². The van der Waals surface area contributed by atoms with Crippen LogP contribution in [0.3, 0.4) is 0 Å². The molecule has 0 aromatic heterocycles. The van der Waals surface area contributed by atoms with Crippen molar-refractivity contribution >= 4 is 11.9 Å². The molecule has 3 rings (SSSR count). The summed E-state index contributed by atoms with van der Waals surface area (Å²) in [4.78, 5) is 0. The van der Waals surface area contributed by atoms with Gasteiger partial charge in [0.2, 0.25) is 5.69 Å². The minimum absolute atomic E-state index is 0. The summed E-state index contributed by atoms with van der Waals surface area (Å²) in [5.74, 6) is 0.952. The lowest BCUT2D eigenvalue weighted by atomic mass is 10.0. The Morgan fingerprint density at radius 1 is 1.00 bits per heavy atom. The molecule has 0 spiro atoms. The summed E-state index contributed by atoms with van der Waals surface area (Å²) in [6.45, 7) is 1.02. The van der Waals surface area contributed by atoms with Gasteiger partial charge in [-0.3, -0.25) is 0 Å². The first-order valence-corrected chi connectivity index (χ1v) is 6.21. The van der Waals surface area contributed by atoms with Crippen molar-refractivity contribution in [2.75, 3.05) is 13.7 Å². The molecule has 0 aliphatic carbocycles. The lowest BCUT2D eigenvalue weighted by Gasteiger charge is -2.14. The average molecular weight is 318 g/mol. The van der Waals surface area contributed by atoms with Crippen LogP contribution in [0.4, 0.5) is 5.69 Å². The molecule has 1 aliphatic rings. The maximum absolute atomic E-state index is 5.44. The van der Waals surface area contributed by atoms with Gasteiger partial charge < -0.3 is 21.7 Å². The summed E-state index contributed by atoms with van der Waals surface area (Å²) < 4.78 is 7.72. The monoisotopic (exact) mass is 317 g/mol. The van der Waals surface area contributed by atoms with Crippen molar-refractivity contribution in [3.05, 3.63) is 59.7 Å². The van der Waals surface area contributed by atoms with Crippen molar-refractivity contribution in [1.82, 2.24) is 0 Å². The Morgan fingerprint density at radius 3 is 2.53 bits per heavy atom. The van der Waals surface area contributed by atoms with E-state index in [9.17, 15) is 0 Å². The molecule has 0 saturated heterocycles. The molecular weight excluding hydrogens is 302 g/mol. The lowest BCUT2D eigenvalue weighted by Crippen LogP contribution is -3.00. The van der Waals surface area contributed by atoms with E-state index in [-0.39, 0.29) is 17.0 Å². The zero-order valence-corrected chi connectivity index (χ0v) is 12.4. The average Bonchev–Trinajstić information content (AvgIpc) is 2.47. The highest BCUT2D eigenvalue weighted by Gasteiger charge is 2.20. The van der Waals surface area contributed by atoms with Crippen molar-refractivity contribution in [3.8, 4) is 5.75 Å². The number of halogens is 1. The van der Waals surface area contributed by atoms with E-state index in [1.807, 2.05) is 12.1 Å². The van der Waals surface area contributed by atoms with Crippen LogP contribution in [0.5, 0.6) is 5.75 Å². The smallest absolute Gasteiger partial charge is 0.205 e. The molecule has 1 aliphatic heterocycles. The Bertz CT molecular complexity index is 593. The summed E-state index contributed by atoms with van der Waals surface area (Å²) in [5.41, 5.74) is 3.80. The van der Waals surface area contributed by atoms with Gasteiger partial charge in [-0.25, -0.2) is 0 Å². The molecule has 0 unspecified atom stereocenters. The second-order valence-electron chi connectivity index (χ2n) is 4.44. The third-order valence-corrected chi connectivity index (χ3v) is 3.37. The fourth-order valence-corrected chi connectivity index (χ4v) is 2.42. The predicted octanol–water partition coefficient (Wildman–Crippen LogP) is 0.0184. The van der Waals surface area contributed by atoms with Gasteiger partial charge >= 0.3 is 0 Å². The van der Waals surface area contributed by atoms with Crippen LogP contribution < -0.4 is 21.7 Å². The molecule has 3 heteroatoms. The van der Waals surface area contributed by atoms with E-state index in [0.717, 1.165) is 18.7 Å². The Labute approximate surface area is 124 Å². The fourth-order valence-electron chi connectivity index (χ4n) is 2.42. The van der Waals surface area contributed by atoms with E-state index < -0.39 is 0 Å². The van der Waals surface area contributed by atoms with Gasteiger partial charge in [-0.1, -0.05) is 30.3 Å². The van der Waals surface area contributed by atoms with Crippen LogP contribution in [0.2, 0.25) is 0 Å². The highest BCUT2D eigenvalue weighted by Crippen LogP contribution is 2.25. The van der Waals surface area contributed by atoms with E-state index in [1.54, 1.807) is 7.11 Å². The first-order valence-electron chi connectivity index (χ1n) is 6.21. The Morgan fingerprint density at radius 2 is 1.79 bits per heavy atom.